The standard InChI is InChI=1S/C11H24N2O2/c1-5-12(6-2)9-8-10-13(7-3)11(14)15-4/h5-10H2,1-4H3. The molecule has 0 bridgehead atoms. The molecule has 0 radical (unpaired) electrons. The van der Waals surface area contributed by atoms with Crippen LogP contribution in [-0.4, -0.2) is 55.7 Å². The van der Waals surface area contributed by atoms with Crippen LogP contribution in [0.4, 0.5) is 4.79 Å². The zero-order valence-electron chi connectivity index (χ0n) is 10.5. The van der Waals surface area contributed by atoms with Gasteiger partial charge in [-0.3, -0.25) is 0 Å². The van der Waals surface area contributed by atoms with Gasteiger partial charge in [-0.25, -0.2) is 4.79 Å². The number of ether oxygens (including phenoxy) is 1. The Kier molecular flexibility index (Phi) is 8.09. The number of amides is 1. The molecular formula is C11H24N2O2. The van der Waals surface area contributed by atoms with Gasteiger partial charge in [-0.05, 0) is 33.0 Å². The first kappa shape index (κ1) is 14.2. The maximum Gasteiger partial charge on any atom is 0.409 e. The molecule has 0 saturated heterocycles. The van der Waals surface area contributed by atoms with Gasteiger partial charge >= 0.3 is 6.09 Å². The molecule has 0 N–H and O–H groups in total. The van der Waals surface area contributed by atoms with E-state index < -0.39 is 0 Å². The first-order valence-corrected chi connectivity index (χ1v) is 5.74. The van der Waals surface area contributed by atoms with Crippen molar-refractivity contribution in [3.63, 3.8) is 0 Å². The first-order chi connectivity index (χ1) is 7.19. The van der Waals surface area contributed by atoms with Gasteiger partial charge in [0.1, 0.15) is 0 Å². The molecule has 1 amide bonds. The molecule has 0 aromatic rings. The van der Waals surface area contributed by atoms with Gasteiger partial charge in [0.05, 0.1) is 7.11 Å². The SMILES string of the molecule is CCN(CC)CCCN(CC)C(=O)OC. The highest BCUT2D eigenvalue weighted by Crippen LogP contribution is 1.97. The van der Waals surface area contributed by atoms with Crippen molar-refractivity contribution in [3.05, 3.63) is 0 Å². The van der Waals surface area contributed by atoms with Crippen LogP contribution >= 0.6 is 0 Å². The molecule has 0 aliphatic carbocycles. The van der Waals surface area contributed by atoms with Gasteiger partial charge in [0.2, 0.25) is 0 Å². The first-order valence-electron chi connectivity index (χ1n) is 5.74. The van der Waals surface area contributed by atoms with Gasteiger partial charge in [-0.1, -0.05) is 13.8 Å². The Hall–Kier alpha value is -0.770. The number of methoxy groups -OCH3 is 1. The summed E-state index contributed by atoms with van der Waals surface area (Å²) in [4.78, 5) is 15.3. The zero-order valence-corrected chi connectivity index (χ0v) is 10.5. The van der Waals surface area contributed by atoms with Gasteiger partial charge in [0.25, 0.3) is 0 Å². The molecule has 0 aliphatic heterocycles. The average molecular weight is 216 g/mol. The predicted molar refractivity (Wildman–Crippen MR) is 62.1 cm³/mol. The van der Waals surface area contributed by atoms with Gasteiger partial charge in [-0.15, -0.1) is 0 Å². The lowest BCUT2D eigenvalue weighted by atomic mass is 10.3. The summed E-state index contributed by atoms with van der Waals surface area (Å²) >= 11 is 0. The highest BCUT2D eigenvalue weighted by molar-refractivity contribution is 5.67. The van der Waals surface area contributed by atoms with Crippen LogP contribution in [0.25, 0.3) is 0 Å². The van der Waals surface area contributed by atoms with E-state index in [0.717, 1.165) is 32.6 Å². The van der Waals surface area contributed by atoms with Crippen molar-refractivity contribution in [3.8, 4) is 0 Å². The van der Waals surface area contributed by atoms with E-state index in [1.165, 1.54) is 7.11 Å². The summed E-state index contributed by atoms with van der Waals surface area (Å²) in [5.41, 5.74) is 0. The average Bonchev–Trinajstić information content (AvgIpc) is 2.28. The van der Waals surface area contributed by atoms with Crippen molar-refractivity contribution in [1.82, 2.24) is 9.80 Å². The number of carbonyl (C=O) groups excluding carboxylic acids is 1. The third-order valence-electron chi connectivity index (χ3n) is 2.61. The quantitative estimate of drug-likeness (QED) is 0.650. The number of hydrogen-bond donors (Lipinski definition) is 0. The van der Waals surface area contributed by atoms with Crippen molar-refractivity contribution < 1.29 is 9.53 Å². The normalized spacial score (nSPS) is 10.5. The molecule has 0 spiro atoms. The fraction of sp³-hybridized carbons (Fsp3) is 0.909. The van der Waals surface area contributed by atoms with Crippen LogP contribution in [0.3, 0.4) is 0 Å². The molecule has 0 rings (SSSR count). The molecule has 4 heteroatoms. The van der Waals surface area contributed by atoms with E-state index in [9.17, 15) is 4.79 Å². The summed E-state index contributed by atoms with van der Waals surface area (Å²) in [6.45, 7) is 10.9. The number of rotatable bonds is 7. The third-order valence-corrected chi connectivity index (χ3v) is 2.61. The maximum atomic E-state index is 11.2. The fourth-order valence-corrected chi connectivity index (χ4v) is 1.53. The van der Waals surface area contributed by atoms with Crippen LogP contribution in [0, 0.1) is 0 Å². The van der Waals surface area contributed by atoms with Crippen LogP contribution in [0.2, 0.25) is 0 Å². The largest absolute Gasteiger partial charge is 0.453 e. The Labute approximate surface area is 93.2 Å². The van der Waals surface area contributed by atoms with Crippen LogP contribution in [0.1, 0.15) is 27.2 Å². The molecule has 0 aliphatic rings. The molecule has 0 saturated carbocycles. The molecule has 0 aromatic carbocycles. The summed E-state index contributed by atoms with van der Waals surface area (Å²) in [6.07, 6.45) is 0.780. The summed E-state index contributed by atoms with van der Waals surface area (Å²) < 4.78 is 4.69. The second-order valence-electron chi connectivity index (χ2n) is 3.43. The number of hydrogen-bond acceptors (Lipinski definition) is 3. The van der Waals surface area contributed by atoms with Crippen molar-refractivity contribution in [2.45, 2.75) is 27.2 Å². The van der Waals surface area contributed by atoms with E-state index in [4.69, 9.17) is 0 Å². The summed E-state index contributed by atoms with van der Waals surface area (Å²) in [5.74, 6) is 0. The fourth-order valence-electron chi connectivity index (χ4n) is 1.53. The lowest BCUT2D eigenvalue weighted by molar-refractivity contribution is 0.123. The van der Waals surface area contributed by atoms with E-state index in [0.29, 0.717) is 6.54 Å². The Morgan fingerprint density at radius 2 is 1.67 bits per heavy atom. The molecule has 0 unspecified atom stereocenters. The smallest absolute Gasteiger partial charge is 0.409 e. The highest BCUT2D eigenvalue weighted by atomic mass is 16.5. The lowest BCUT2D eigenvalue weighted by Gasteiger charge is -2.22. The topological polar surface area (TPSA) is 32.8 Å². The highest BCUT2D eigenvalue weighted by Gasteiger charge is 2.10. The van der Waals surface area contributed by atoms with Crippen LogP contribution in [-0.2, 0) is 4.74 Å². The molecule has 15 heavy (non-hydrogen) atoms. The second kappa shape index (κ2) is 8.53. The summed E-state index contributed by atoms with van der Waals surface area (Å²) in [6, 6.07) is 0. The zero-order chi connectivity index (χ0) is 11.7. The van der Waals surface area contributed by atoms with Crippen molar-refractivity contribution in [1.29, 1.82) is 0 Å². The van der Waals surface area contributed by atoms with Gasteiger partial charge in [0, 0.05) is 13.1 Å². The molecule has 0 atom stereocenters. The van der Waals surface area contributed by atoms with Crippen LogP contribution in [0.15, 0.2) is 0 Å². The van der Waals surface area contributed by atoms with Crippen molar-refractivity contribution >= 4 is 6.09 Å². The molecule has 0 fully saturated rings. The third kappa shape index (κ3) is 5.62. The molecular weight excluding hydrogens is 192 g/mol. The van der Waals surface area contributed by atoms with E-state index in [1.807, 2.05) is 6.92 Å². The van der Waals surface area contributed by atoms with Gasteiger partial charge in [-0.2, -0.15) is 0 Å². The molecule has 4 nitrogen and oxygen atoms in total. The van der Waals surface area contributed by atoms with Crippen LogP contribution in [0.5, 0.6) is 0 Å². The number of nitrogens with zero attached hydrogens (tertiary/aromatic N) is 2. The second-order valence-corrected chi connectivity index (χ2v) is 3.43. The maximum absolute atomic E-state index is 11.2. The molecule has 0 aromatic heterocycles. The minimum atomic E-state index is -0.225. The Morgan fingerprint density at radius 3 is 2.07 bits per heavy atom. The Balaban J connectivity index is 3.76. The molecule has 90 valence electrons. The van der Waals surface area contributed by atoms with E-state index in [2.05, 4.69) is 23.5 Å². The Morgan fingerprint density at radius 1 is 1.07 bits per heavy atom. The van der Waals surface area contributed by atoms with Crippen LogP contribution < -0.4 is 0 Å². The monoisotopic (exact) mass is 216 g/mol. The van der Waals surface area contributed by atoms with E-state index in [1.54, 1.807) is 4.90 Å². The minimum absolute atomic E-state index is 0.225. The Bertz CT molecular complexity index is 170. The van der Waals surface area contributed by atoms with Crippen molar-refractivity contribution in [2.75, 3.05) is 39.8 Å². The van der Waals surface area contributed by atoms with Crippen molar-refractivity contribution in [2.24, 2.45) is 0 Å². The van der Waals surface area contributed by atoms with Gasteiger partial charge < -0.3 is 14.5 Å². The van der Waals surface area contributed by atoms with Gasteiger partial charge in [0.15, 0.2) is 0 Å². The summed E-state index contributed by atoms with van der Waals surface area (Å²) in [7, 11) is 1.43. The number of carbonyl (C=O) groups is 1. The molecule has 0 heterocycles. The van der Waals surface area contributed by atoms with E-state index >= 15 is 0 Å². The van der Waals surface area contributed by atoms with E-state index in [-0.39, 0.29) is 6.09 Å². The lowest BCUT2D eigenvalue weighted by Crippen LogP contribution is -2.34. The summed E-state index contributed by atoms with van der Waals surface area (Å²) in [5, 5.41) is 0. The minimum Gasteiger partial charge on any atom is -0.453 e. The predicted octanol–water partition coefficient (Wildman–Crippen LogP) is 1.81.